The Morgan fingerprint density at radius 2 is 2.16 bits per heavy atom. The molecule has 2 rings (SSSR count). The van der Waals surface area contributed by atoms with Crippen LogP contribution in [0.4, 0.5) is 0 Å². The second-order valence-electron chi connectivity index (χ2n) is 4.44. The monoisotopic (exact) mass is 276 g/mol. The zero-order valence-electron chi connectivity index (χ0n) is 11.1. The number of thioether (sulfide) groups is 1. The fraction of sp³-hybridized carbons (Fsp3) is 0.308. The van der Waals surface area contributed by atoms with Crippen LogP contribution in [0.25, 0.3) is 5.69 Å². The largest absolute Gasteiger partial charge is 0.369 e. The predicted molar refractivity (Wildman–Crippen MR) is 75.3 cm³/mol. The summed E-state index contributed by atoms with van der Waals surface area (Å²) in [6, 6.07) is 6.18. The molecule has 0 radical (unpaired) electrons. The molecule has 6 heteroatoms. The zero-order chi connectivity index (χ0) is 14.0. The minimum absolute atomic E-state index is 0.340. The van der Waals surface area contributed by atoms with Gasteiger partial charge in [0.25, 0.3) is 0 Å². The first kappa shape index (κ1) is 13.6. The number of nitrogens with zero attached hydrogens (tertiary/aromatic N) is 3. The average Bonchev–Trinajstić information content (AvgIpc) is 2.80. The molecular formula is C13H16N4OS. The van der Waals surface area contributed by atoms with Crippen LogP contribution >= 0.6 is 11.8 Å². The Kier molecular flexibility index (Phi) is 3.90. The third kappa shape index (κ3) is 2.96. The van der Waals surface area contributed by atoms with E-state index in [1.165, 1.54) is 11.8 Å². The number of carbonyl (C=O) groups is 1. The Morgan fingerprint density at radius 3 is 2.84 bits per heavy atom. The van der Waals surface area contributed by atoms with E-state index >= 15 is 0 Å². The molecule has 0 bridgehead atoms. The number of aromatic nitrogens is 3. The van der Waals surface area contributed by atoms with Gasteiger partial charge in [-0.3, -0.25) is 9.36 Å². The van der Waals surface area contributed by atoms with Crippen molar-refractivity contribution in [3.05, 3.63) is 35.7 Å². The molecule has 0 aliphatic carbocycles. The summed E-state index contributed by atoms with van der Waals surface area (Å²) in [5.41, 5.74) is 8.58. The summed E-state index contributed by atoms with van der Waals surface area (Å²) >= 11 is 1.31. The molecule has 0 aliphatic heterocycles. The summed E-state index contributed by atoms with van der Waals surface area (Å²) in [7, 11) is 0. The number of aryl methyl sites for hydroxylation is 2. The fourth-order valence-corrected chi connectivity index (χ4v) is 2.45. The van der Waals surface area contributed by atoms with E-state index in [1.54, 1.807) is 13.3 Å². The van der Waals surface area contributed by atoms with E-state index < -0.39 is 0 Å². The third-order valence-corrected chi connectivity index (χ3v) is 3.90. The van der Waals surface area contributed by atoms with Gasteiger partial charge in [0.15, 0.2) is 5.16 Å². The first-order valence-corrected chi connectivity index (χ1v) is 6.80. The van der Waals surface area contributed by atoms with Crippen molar-refractivity contribution >= 4 is 17.7 Å². The van der Waals surface area contributed by atoms with Crippen LogP contribution in [-0.2, 0) is 4.79 Å². The SMILES string of the molecule is Cc1ccc(C)c(-n2cnnc2S[C@@H](C)C(N)=O)c1. The Morgan fingerprint density at radius 1 is 1.42 bits per heavy atom. The molecule has 1 aromatic carbocycles. The number of nitrogens with two attached hydrogens (primary N) is 1. The first-order valence-electron chi connectivity index (χ1n) is 5.92. The molecule has 0 unspecified atom stereocenters. The van der Waals surface area contributed by atoms with Crippen LogP contribution in [0.3, 0.4) is 0 Å². The molecule has 0 fully saturated rings. The van der Waals surface area contributed by atoms with Crippen molar-refractivity contribution in [1.82, 2.24) is 14.8 Å². The lowest BCUT2D eigenvalue weighted by Gasteiger charge is -2.11. The minimum Gasteiger partial charge on any atom is -0.369 e. The van der Waals surface area contributed by atoms with E-state index in [-0.39, 0.29) is 11.2 Å². The maximum absolute atomic E-state index is 11.1. The Labute approximate surface area is 116 Å². The van der Waals surface area contributed by atoms with E-state index in [0.29, 0.717) is 5.16 Å². The molecule has 19 heavy (non-hydrogen) atoms. The molecule has 1 amide bonds. The maximum Gasteiger partial charge on any atom is 0.230 e. The third-order valence-electron chi connectivity index (χ3n) is 2.82. The van der Waals surface area contributed by atoms with Crippen LogP contribution in [0.1, 0.15) is 18.1 Å². The summed E-state index contributed by atoms with van der Waals surface area (Å²) in [5, 5.41) is 8.30. The number of rotatable bonds is 4. The molecule has 1 atom stereocenters. The van der Waals surface area contributed by atoms with Gasteiger partial charge in [0.2, 0.25) is 5.91 Å². The fourth-order valence-electron chi connectivity index (χ4n) is 1.67. The number of hydrogen-bond donors (Lipinski definition) is 1. The molecule has 0 spiro atoms. The molecule has 1 heterocycles. The minimum atomic E-state index is -0.361. The highest BCUT2D eigenvalue weighted by atomic mass is 32.2. The zero-order valence-corrected chi connectivity index (χ0v) is 11.9. The highest BCUT2D eigenvalue weighted by Crippen LogP contribution is 2.25. The van der Waals surface area contributed by atoms with Gasteiger partial charge in [0.05, 0.1) is 10.9 Å². The number of benzene rings is 1. The molecule has 2 aromatic rings. The van der Waals surface area contributed by atoms with Crippen molar-refractivity contribution in [3.63, 3.8) is 0 Å². The first-order chi connectivity index (χ1) is 8.99. The van der Waals surface area contributed by atoms with E-state index in [0.717, 1.165) is 16.8 Å². The average molecular weight is 276 g/mol. The Bertz CT molecular complexity index is 608. The number of primary amides is 1. The van der Waals surface area contributed by atoms with Gasteiger partial charge in [-0.05, 0) is 38.0 Å². The summed E-state index contributed by atoms with van der Waals surface area (Å²) in [6.45, 7) is 5.82. The number of amides is 1. The number of hydrogen-bond acceptors (Lipinski definition) is 4. The van der Waals surface area contributed by atoms with E-state index in [4.69, 9.17) is 5.73 Å². The van der Waals surface area contributed by atoms with Gasteiger partial charge in [-0.25, -0.2) is 0 Å². The van der Waals surface area contributed by atoms with Crippen molar-refractivity contribution in [2.75, 3.05) is 0 Å². The quantitative estimate of drug-likeness (QED) is 0.865. The molecule has 0 saturated heterocycles. The lowest BCUT2D eigenvalue weighted by atomic mass is 10.1. The van der Waals surface area contributed by atoms with Crippen molar-refractivity contribution in [2.45, 2.75) is 31.2 Å². The van der Waals surface area contributed by atoms with Crippen molar-refractivity contribution in [3.8, 4) is 5.69 Å². The van der Waals surface area contributed by atoms with Crippen LogP contribution in [-0.4, -0.2) is 25.9 Å². The highest BCUT2D eigenvalue weighted by molar-refractivity contribution is 8.00. The van der Waals surface area contributed by atoms with Crippen molar-refractivity contribution < 1.29 is 4.79 Å². The molecular weight excluding hydrogens is 260 g/mol. The van der Waals surface area contributed by atoms with E-state index in [9.17, 15) is 4.79 Å². The summed E-state index contributed by atoms with van der Waals surface area (Å²) < 4.78 is 1.88. The summed E-state index contributed by atoms with van der Waals surface area (Å²) in [5.74, 6) is -0.361. The molecule has 100 valence electrons. The smallest absolute Gasteiger partial charge is 0.230 e. The standard InChI is InChI=1S/C13H16N4OS/c1-8-4-5-9(2)11(6-8)17-7-15-16-13(17)19-10(3)12(14)18/h4-7,10H,1-3H3,(H2,14,18)/t10-/m0/s1. The van der Waals surface area contributed by atoms with Crippen LogP contribution in [0.2, 0.25) is 0 Å². The summed E-state index contributed by atoms with van der Waals surface area (Å²) in [4.78, 5) is 11.1. The van der Waals surface area contributed by atoms with Crippen LogP contribution in [0.15, 0.2) is 29.7 Å². The second kappa shape index (κ2) is 5.44. The van der Waals surface area contributed by atoms with Gasteiger partial charge in [0.1, 0.15) is 6.33 Å². The van der Waals surface area contributed by atoms with Gasteiger partial charge >= 0.3 is 0 Å². The molecule has 0 saturated carbocycles. The van der Waals surface area contributed by atoms with Gasteiger partial charge in [-0.2, -0.15) is 0 Å². The van der Waals surface area contributed by atoms with Gasteiger partial charge in [-0.15, -0.1) is 10.2 Å². The topological polar surface area (TPSA) is 73.8 Å². The van der Waals surface area contributed by atoms with Crippen molar-refractivity contribution in [2.24, 2.45) is 5.73 Å². The van der Waals surface area contributed by atoms with E-state index in [2.05, 4.69) is 28.4 Å². The second-order valence-corrected chi connectivity index (χ2v) is 5.74. The van der Waals surface area contributed by atoms with Crippen LogP contribution in [0, 0.1) is 13.8 Å². The van der Waals surface area contributed by atoms with Crippen LogP contribution < -0.4 is 5.73 Å². The maximum atomic E-state index is 11.1. The lowest BCUT2D eigenvalue weighted by Crippen LogP contribution is -2.23. The molecule has 0 aliphatic rings. The van der Waals surface area contributed by atoms with Gasteiger partial charge in [-0.1, -0.05) is 23.9 Å². The number of carbonyl (C=O) groups excluding carboxylic acids is 1. The molecule has 5 nitrogen and oxygen atoms in total. The van der Waals surface area contributed by atoms with Crippen LogP contribution in [0.5, 0.6) is 0 Å². The van der Waals surface area contributed by atoms with Crippen molar-refractivity contribution in [1.29, 1.82) is 0 Å². The summed E-state index contributed by atoms with van der Waals surface area (Å²) in [6.07, 6.45) is 1.65. The predicted octanol–water partition coefficient (Wildman–Crippen LogP) is 1.85. The van der Waals surface area contributed by atoms with E-state index in [1.807, 2.05) is 18.4 Å². The molecule has 1 aromatic heterocycles. The Hall–Kier alpha value is -1.82. The van der Waals surface area contributed by atoms with Gasteiger partial charge < -0.3 is 5.73 Å². The normalized spacial score (nSPS) is 12.4. The Balaban J connectivity index is 2.39. The molecule has 2 N–H and O–H groups in total. The van der Waals surface area contributed by atoms with Gasteiger partial charge in [0, 0.05) is 0 Å². The highest BCUT2D eigenvalue weighted by Gasteiger charge is 2.16. The lowest BCUT2D eigenvalue weighted by molar-refractivity contribution is -0.117.